The van der Waals surface area contributed by atoms with E-state index in [9.17, 15) is 4.79 Å². The summed E-state index contributed by atoms with van der Waals surface area (Å²) in [5, 5.41) is 0. The average Bonchev–Trinajstić information content (AvgIpc) is 2.37. The second kappa shape index (κ2) is 7.50. The molecule has 1 amide bonds. The third kappa shape index (κ3) is 4.84. The maximum atomic E-state index is 11.0. The number of ether oxygens (including phenoxy) is 1. The lowest BCUT2D eigenvalue weighted by Crippen LogP contribution is -2.30. The van der Waals surface area contributed by atoms with Crippen molar-refractivity contribution in [3.8, 4) is 5.75 Å². The highest BCUT2D eigenvalue weighted by atomic mass is 79.9. The van der Waals surface area contributed by atoms with Gasteiger partial charge in [0.25, 0.3) is 0 Å². The zero-order valence-electron chi connectivity index (χ0n) is 11.6. The van der Waals surface area contributed by atoms with Crippen LogP contribution in [-0.2, 0) is 4.79 Å². The van der Waals surface area contributed by atoms with Crippen molar-refractivity contribution in [3.63, 3.8) is 0 Å². The molecule has 4 nitrogen and oxygen atoms in total. The molecule has 5 heteroatoms. The summed E-state index contributed by atoms with van der Waals surface area (Å²) in [5.74, 6) is 6.13. The summed E-state index contributed by atoms with van der Waals surface area (Å²) in [6.45, 7) is 6.80. The summed E-state index contributed by atoms with van der Waals surface area (Å²) in [5.41, 5.74) is 4.41. The fourth-order valence-corrected chi connectivity index (χ4v) is 2.09. The molecule has 1 rings (SSSR count). The zero-order chi connectivity index (χ0) is 14.4. The molecule has 0 spiro atoms. The first-order valence-corrected chi connectivity index (χ1v) is 7.17. The summed E-state index contributed by atoms with van der Waals surface area (Å²) in [4.78, 5) is 11.0. The van der Waals surface area contributed by atoms with E-state index in [0.29, 0.717) is 25.4 Å². The van der Waals surface area contributed by atoms with E-state index in [4.69, 9.17) is 10.6 Å². The van der Waals surface area contributed by atoms with Gasteiger partial charge in [-0.1, -0.05) is 29.8 Å². The van der Waals surface area contributed by atoms with Gasteiger partial charge in [-0.05, 0) is 42.5 Å². The van der Waals surface area contributed by atoms with Gasteiger partial charge in [-0.3, -0.25) is 10.2 Å². The minimum atomic E-state index is -0.167. The second-order valence-corrected chi connectivity index (χ2v) is 5.67. The fraction of sp³-hybridized carbons (Fsp3) is 0.500. The molecule has 106 valence electrons. The van der Waals surface area contributed by atoms with Crippen LogP contribution in [0, 0.1) is 6.92 Å². The summed E-state index contributed by atoms with van der Waals surface area (Å²) < 4.78 is 6.88. The van der Waals surface area contributed by atoms with E-state index in [2.05, 4.69) is 41.3 Å². The Balaban J connectivity index is 2.66. The highest BCUT2D eigenvalue weighted by molar-refractivity contribution is 9.10. The molecule has 0 aliphatic heterocycles. The number of carbonyl (C=O) groups excluding carboxylic acids is 1. The number of hydrazine groups is 1. The number of rotatable bonds is 6. The standard InChI is InChI=1S/C14H21BrN2O2/c1-9(2)11-8-12(15)10(3)7-13(11)19-6-4-5-14(18)17-16/h7-9H,4-6,16H2,1-3H3,(H,17,18). The van der Waals surface area contributed by atoms with E-state index >= 15 is 0 Å². The molecule has 0 fully saturated rings. The van der Waals surface area contributed by atoms with Crippen LogP contribution in [0.4, 0.5) is 0 Å². The smallest absolute Gasteiger partial charge is 0.234 e. The molecule has 1 aromatic rings. The molecular weight excluding hydrogens is 308 g/mol. The van der Waals surface area contributed by atoms with Gasteiger partial charge in [-0.25, -0.2) is 5.84 Å². The SMILES string of the molecule is Cc1cc(OCCCC(=O)NN)c(C(C)C)cc1Br. The number of halogens is 1. The predicted octanol–water partition coefficient (Wildman–Crippen LogP) is 3.03. The fourth-order valence-electron chi connectivity index (χ4n) is 1.73. The van der Waals surface area contributed by atoms with E-state index in [1.165, 1.54) is 5.56 Å². The maximum Gasteiger partial charge on any atom is 0.234 e. The first-order chi connectivity index (χ1) is 8.95. The Hall–Kier alpha value is -1.07. The number of nitrogens with two attached hydrogens (primary N) is 1. The van der Waals surface area contributed by atoms with Gasteiger partial charge in [0, 0.05) is 10.9 Å². The second-order valence-electron chi connectivity index (χ2n) is 4.81. The van der Waals surface area contributed by atoms with Gasteiger partial charge in [0.05, 0.1) is 6.61 Å². The van der Waals surface area contributed by atoms with Crippen molar-refractivity contribution in [1.29, 1.82) is 0 Å². The van der Waals surface area contributed by atoms with Gasteiger partial charge >= 0.3 is 0 Å². The summed E-state index contributed by atoms with van der Waals surface area (Å²) in [7, 11) is 0. The molecule has 0 aliphatic rings. The summed E-state index contributed by atoms with van der Waals surface area (Å²) >= 11 is 3.54. The van der Waals surface area contributed by atoms with Gasteiger partial charge in [-0.2, -0.15) is 0 Å². The molecule has 3 N–H and O–H groups in total. The Morgan fingerprint density at radius 1 is 1.47 bits per heavy atom. The molecule has 0 heterocycles. The number of carbonyl (C=O) groups is 1. The lowest BCUT2D eigenvalue weighted by Gasteiger charge is -2.16. The summed E-state index contributed by atoms with van der Waals surface area (Å²) in [6.07, 6.45) is 1.03. The number of benzene rings is 1. The molecule has 0 radical (unpaired) electrons. The minimum Gasteiger partial charge on any atom is -0.493 e. The van der Waals surface area contributed by atoms with Crippen molar-refractivity contribution in [2.75, 3.05) is 6.61 Å². The first kappa shape index (κ1) is 16.0. The number of aryl methyl sites for hydroxylation is 1. The van der Waals surface area contributed by atoms with Gasteiger partial charge < -0.3 is 4.74 Å². The third-order valence-corrected chi connectivity index (χ3v) is 3.73. The Morgan fingerprint density at radius 2 is 2.16 bits per heavy atom. The van der Waals surface area contributed by atoms with Crippen LogP contribution in [-0.4, -0.2) is 12.5 Å². The van der Waals surface area contributed by atoms with Crippen LogP contribution < -0.4 is 16.0 Å². The Labute approximate surface area is 122 Å². The van der Waals surface area contributed by atoms with Crippen molar-refractivity contribution in [2.45, 2.75) is 39.5 Å². The highest BCUT2D eigenvalue weighted by Crippen LogP contribution is 2.32. The van der Waals surface area contributed by atoms with Crippen molar-refractivity contribution in [1.82, 2.24) is 5.43 Å². The van der Waals surface area contributed by atoms with Gasteiger partial charge in [0.1, 0.15) is 5.75 Å². The van der Waals surface area contributed by atoms with Crippen LogP contribution in [0.25, 0.3) is 0 Å². The highest BCUT2D eigenvalue weighted by Gasteiger charge is 2.11. The quantitative estimate of drug-likeness (QED) is 0.365. The van der Waals surface area contributed by atoms with E-state index in [0.717, 1.165) is 15.8 Å². The molecule has 0 aromatic heterocycles. The van der Waals surface area contributed by atoms with E-state index in [1.807, 2.05) is 13.0 Å². The molecule has 0 saturated carbocycles. The topological polar surface area (TPSA) is 64.3 Å². The predicted molar refractivity (Wildman–Crippen MR) is 80.0 cm³/mol. The van der Waals surface area contributed by atoms with Crippen molar-refractivity contribution in [3.05, 3.63) is 27.7 Å². The van der Waals surface area contributed by atoms with Gasteiger partial charge in [0.15, 0.2) is 0 Å². The number of hydrogen-bond acceptors (Lipinski definition) is 3. The average molecular weight is 329 g/mol. The minimum absolute atomic E-state index is 0.167. The zero-order valence-corrected chi connectivity index (χ0v) is 13.2. The van der Waals surface area contributed by atoms with Crippen LogP contribution in [0.2, 0.25) is 0 Å². The number of amides is 1. The van der Waals surface area contributed by atoms with Crippen molar-refractivity contribution in [2.24, 2.45) is 5.84 Å². The first-order valence-electron chi connectivity index (χ1n) is 6.38. The number of hydrogen-bond donors (Lipinski definition) is 2. The lowest BCUT2D eigenvalue weighted by molar-refractivity contribution is -0.121. The Kier molecular flexibility index (Phi) is 6.31. The Bertz CT molecular complexity index is 447. The molecular formula is C14H21BrN2O2. The lowest BCUT2D eigenvalue weighted by atomic mass is 10.0. The molecule has 0 bridgehead atoms. The van der Waals surface area contributed by atoms with Crippen LogP contribution in [0.1, 0.15) is 43.7 Å². The number of nitrogens with one attached hydrogen (secondary N) is 1. The van der Waals surface area contributed by atoms with E-state index in [1.54, 1.807) is 0 Å². The van der Waals surface area contributed by atoms with Gasteiger partial charge in [-0.15, -0.1) is 0 Å². The largest absolute Gasteiger partial charge is 0.493 e. The summed E-state index contributed by atoms with van der Waals surface area (Å²) in [6, 6.07) is 4.13. The molecule has 0 atom stereocenters. The van der Waals surface area contributed by atoms with Crippen LogP contribution in [0.15, 0.2) is 16.6 Å². The molecule has 1 aromatic carbocycles. The third-order valence-electron chi connectivity index (χ3n) is 2.88. The van der Waals surface area contributed by atoms with Crippen LogP contribution in [0.3, 0.4) is 0 Å². The maximum absolute atomic E-state index is 11.0. The molecule has 0 saturated heterocycles. The van der Waals surface area contributed by atoms with Crippen molar-refractivity contribution >= 4 is 21.8 Å². The monoisotopic (exact) mass is 328 g/mol. The van der Waals surface area contributed by atoms with Crippen LogP contribution in [0.5, 0.6) is 5.75 Å². The molecule has 19 heavy (non-hydrogen) atoms. The Morgan fingerprint density at radius 3 is 2.74 bits per heavy atom. The van der Waals surface area contributed by atoms with Gasteiger partial charge in [0.2, 0.25) is 5.91 Å². The van der Waals surface area contributed by atoms with E-state index < -0.39 is 0 Å². The van der Waals surface area contributed by atoms with Crippen molar-refractivity contribution < 1.29 is 9.53 Å². The molecule has 0 unspecified atom stereocenters. The van der Waals surface area contributed by atoms with Crippen LogP contribution >= 0.6 is 15.9 Å². The normalized spacial score (nSPS) is 10.6. The van der Waals surface area contributed by atoms with E-state index in [-0.39, 0.29) is 5.91 Å². The molecule has 0 aliphatic carbocycles.